The van der Waals surface area contributed by atoms with Gasteiger partial charge in [0.25, 0.3) is 0 Å². The van der Waals surface area contributed by atoms with Gasteiger partial charge in [-0.25, -0.2) is 9.78 Å². The summed E-state index contributed by atoms with van der Waals surface area (Å²) in [6.07, 6.45) is 0.386. The molecule has 3 N–H and O–H groups in total. The molecule has 1 rings (SSSR count). The van der Waals surface area contributed by atoms with Gasteiger partial charge < -0.3 is 15.8 Å². The number of carboxylic acid groups (broad SMARTS) is 1. The van der Waals surface area contributed by atoms with Crippen LogP contribution in [0.3, 0.4) is 0 Å². The molecule has 86 valence electrons. The summed E-state index contributed by atoms with van der Waals surface area (Å²) in [5.74, 6) is -0.450. The van der Waals surface area contributed by atoms with Gasteiger partial charge in [-0.05, 0) is 6.92 Å². The Hall–Kier alpha value is -1.76. The summed E-state index contributed by atoms with van der Waals surface area (Å²) in [6.45, 7) is 1.60. The van der Waals surface area contributed by atoms with E-state index in [9.17, 15) is 9.59 Å². The van der Waals surface area contributed by atoms with E-state index < -0.39 is 17.9 Å². The maximum atomic E-state index is 11.6. The lowest BCUT2D eigenvalue weighted by atomic mass is 10.1. The topological polar surface area (TPSA) is 103 Å². The highest BCUT2D eigenvalue weighted by Gasteiger charge is 2.18. The second kappa shape index (κ2) is 5.36. The fourth-order valence-electron chi connectivity index (χ4n) is 1.13. The summed E-state index contributed by atoms with van der Waals surface area (Å²) in [5, 5.41) is 20.1. The van der Waals surface area contributed by atoms with Gasteiger partial charge in [0.05, 0.1) is 5.71 Å². The highest BCUT2D eigenvalue weighted by atomic mass is 32.1. The highest BCUT2D eigenvalue weighted by Crippen LogP contribution is 2.07. The molecule has 1 heterocycles. The van der Waals surface area contributed by atoms with Crippen LogP contribution >= 0.6 is 11.3 Å². The molecule has 0 aliphatic carbocycles. The number of thiazole rings is 1. The van der Waals surface area contributed by atoms with E-state index in [0.29, 0.717) is 0 Å². The Labute approximate surface area is 95.8 Å². The lowest BCUT2D eigenvalue weighted by Gasteiger charge is -2.10. The van der Waals surface area contributed by atoms with Crippen molar-refractivity contribution in [2.45, 2.75) is 19.4 Å². The van der Waals surface area contributed by atoms with Crippen molar-refractivity contribution >= 4 is 28.9 Å². The van der Waals surface area contributed by atoms with Gasteiger partial charge in [-0.3, -0.25) is 4.79 Å². The van der Waals surface area contributed by atoms with Gasteiger partial charge in [0.15, 0.2) is 5.01 Å². The van der Waals surface area contributed by atoms with E-state index >= 15 is 0 Å². The zero-order valence-electron chi connectivity index (χ0n) is 8.56. The molecule has 0 fully saturated rings. The largest absolute Gasteiger partial charge is 0.465 e. The maximum absolute atomic E-state index is 11.6. The van der Waals surface area contributed by atoms with Crippen molar-refractivity contribution in [3.05, 3.63) is 16.6 Å². The Kier molecular flexibility index (Phi) is 4.12. The molecule has 0 spiro atoms. The van der Waals surface area contributed by atoms with E-state index in [1.807, 2.05) is 0 Å². The Balaban J connectivity index is 2.53. The minimum atomic E-state index is -1.16. The van der Waals surface area contributed by atoms with Crippen molar-refractivity contribution in [1.82, 2.24) is 10.3 Å². The lowest BCUT2D eigenvalue weighted by Crippen LogP contribution is -2.34. The molecular weight excluding hydrogens is 230 g/mol. The van der Waals surface area contributed by atoms with Crippen molar-refractivity contribution < 1.29 is 14.7 Å². The van der Waals surface area contributed by atoms with Crippen molar-refractivity contribution in [2.24, 2.45) is 0 Å². The molecule has 0 aliphatic heterocycles. The molecule has 0 aliphatic rings. The summed E-state index contributed by atoms with van der Waals surface area (Å²) < 4.78 is 0. The Morgan fingerprint density at radius 2 is 2.38 bits per heavy atom. The Morgan fingerprint density at radius 1 is 1.69 bits per heavy atom. The number of nitrogens with one attached hydrogen (secondary N) is 2. The Morgan fingerprint density at radius 3 is 2.88 bits per heavy atom. The first-order valence-corrected chi connectivity index (χ1v) is 5.39. The fraction of sp³-hybridized carbons (Fsp3) is 0.333. The SMILES string of the molecule is CC(CC(=N)C(=O)c1nccs1)NC(=O)O. The normalized spacial score (nSPS) is 11.8. The van der Waals surface area contributed by atoms with E-state index in [4.69, 9.17) is 10.5 Å². The van der Waals surface area contributed by atoms with E-state index in [2.05, 4.69) is 10.3 Å². The standard InChI is InChI=1S/C9H11N3O3S/c1-5(12-9(14)15)4-6(10)7(13)8-11-2-3-16-8/h2-3,5,10,12H,4H2,1H3,(H,14,15). The molecular formula is C9H11N3O3S. The second-order valence-electron chi connectivity index (χ2n) is 3.20. The molecule has 0 radical (unpaired) electrons. The van der Waals surface area contributed by atoms with Crippen LogP contribution in [0, 0.1) is 5.41 Å². The maximum Gasteiger partial charge on any atom is 0.404 e. The predicted octanol–water partition coefficient (Wildman–Crippen LogP) is 1.39. The van der Waals surface area contributed by atoms with Crippen LogP contribution in [0.2, 0.25) is 0 Å². The second-order valence-corrected chi connectivity index (χ2v) is 4.09. The number of ketones is 1. The molecule has 1 aromatic heterocycles. The fourth-order valence-corrected chi connectivity index (χ4v) is 1.73. The van der Waals surface area contributed by atoms with Crippen molar-refractivity contribution in [2.75, 3.05) is 0 Å². The molecule has 1 atom stereocenters. The minimum absolute atomic E-state index is 0.0602. The summed E-state index contributed by atoms with van der Waals surface area (Å²) in [6, 6.07) is -0.464. The number of hydrogen-bond acceptors (Lipinski definition) is 5. The number of amides is 1. The third-order valence-electron chi connectivity index (χ3n) is 1.78. The van der Waals surface area contributed by atoms with Crippen LogP contribution in [0.15, 0.2) is 11.6 Å². The highest BCUT2D eigenvalue weighted by molar-refractivity contribution is 7.12. The summed E-state index contributed by atoms with van der Waals surface area (Å²) in [7, 11) is 0. The van der Waals surface area contributed by atoms with Gasteiger partial charge in [0.2, 0.25) is 5.78 Å². The average Bonchev–Trinajstić information content (AvgIpc) is 2.67. The molecule has 0 bridgehead atoms. The third kappa shape index (κ3) is 3.43. The number of hydrogen-bond donors (Lipinski definition) is 3. The van der Waals surface area contributed by atoms with Crippen molar-refractivity contribution in [3.63, 3.8) is 0 Å². The summed E-state index contributed by atoms with van der Waals surface area (Å²) >= 11 is 1.16. The third-order valence-corrected chi connectivity index (χ3v) is 2.55. The molecule has 0 saturated heterocycles. The van der Waals surface area contributed by atoms with E-state index in [1.165, 1.54) is 6.20 Å². The molecule has 7 heteroatoms. The molecule has 16 heavy (non-hydrogen) atoms. The van der Waals surface area contributed by atoms with Crippen LogP contribution in [0.25, 0.3) is 0 Å². The molecule has 1 amide bonds. The first-order valence-electron chi connectivity index (χ1n) is 4.51. The van der Waals surface area contributed by atoms with Crippen LogP contribution in [-0.2, 0) is 0 Å². The number of carbonyl (C=O) groups excluding carboxylic acids is 1. The Bertz CT molecular complexity index is 402. The zero-order valence-corrected chi connectivity index (χ0v) is 9.37. The van der Waals surface area contributed by atoms with Gasteiger partial charge in [0.1, 0.15) is 0 Å². The van der Waals surface area contributed by atoms with E-state index in [0.717, 1.165) is 11.3 Å². The smallest absolute Gasteiger partial charge is 0.404 e. The molecule has 1 unspecified atom stereocenters. The van der Waals surface area contributed by atoms with Crippen LogP contribution in [0.5, 0.6) is 0 Å². The quantitative estimate of drug-likeness (QED) is 0.535. The molecule has 1 aromatic rings. The van der Waals surface area contributed by atoms with Crippen molar-refractivity contribution in [3.8, 4) is 0 Å². The van der Waals surface area contributed by atoms with E-state index in [1.54, 1.807) is 12.3 Å². The number of nitrogens with zero attached hydrogens (tertiary/aromatic N) is 1. The van der Waals surface area contributed by atoms with Crippen LogP contribution in [0.1, 0.15) is 23.1 Å². The molecule has 0 aromatic carbocycles. The van der Waals surface area contributed by atoms with Gasteiger partial charge in [-0.1, -0.05) is 0 Å². The van der Waals surface area contributed by atoms with Crippen LogP contribution < -0.4 is 5.32 Å². The van der Waals surface area contributed by atoms with E-state index in [-0.39, 0.29) is 17.1 Å². The number of aromatic nitrogens is 1. The molecule has 6 nitrogen and oxygen atoms in total. The van der Waals surface area contributed by atoms with Gasteiger partial charge >= 0.3 is 6.09 Å². The summed E-state index contributed by atoms with van der Waals surface area (Å²) in [4.78, 5) is 25.7. The first kappa shape index (κ1) is 12.3. The van der Waals surface area contributed by atoms with Crippen LogP contribution in [-0.4, -0.2) is 33.7 Å². The van der Waals surface area contributed by atoms with Crippen LogP contribution in [0.4, 0.5) is 4.79 Å². The van der Waals surface area contributed by atoms with Crippen molar-refractivity contribution in [1.29, 1.82) is 5.41 Å². The lowest BCUT2D eigenvalue weighted by molar-refractivity contribution is 0.106. The predicted molar refractivity (Wildman–Crippen MR) is 59.4 cm³/mol. The summed E-state index contributed by atoms with van der Waals surface area (Å²) in [5.41, 5.74) is -0.142. The molecule has 0 saturated carbocycles. The van der Waals surface area contributed by atoms with Gasteiger partial charge in [-0.2, -0.15) is 0 Å². The monoisotopic (exact) mass is 241 g/mol. The average molecular weight is 241 g/mol. The minimum Gasteiger partial charge on any atom is -0.465 e. The zero-order chi connectivity index (χ0) is 12.1. The number of rotatable bonds is 5. The van der Waals surface area contributed by atoms with Gasteiger partial charge in [0, 0.05) is 24.0 Å². The van der Waals surface area contributed by atoms with Gasteiger partial charge in [-0.15, -0.1) is 11.3 Å². The number of carbonyl (C=O) groups is 2. The number of Topliss-reactive ketones (excluding diaryl/α,β-unsaturated/α-hetero) is 1. The first-order chi connectivity index (χ1) is 7.50.